The summed E-state index contributed by atoms with van der Waals surface area (Å²) in [5.41, 5.74) is 5.95. The van der Waals surface area contributed by atoms with Crippen molar-refractivity contribution in [2.24, 2.45) is 5.73 Å². The van der Waals surface area contributed by atoms with Gasteiger partial charge in [0.15, 0.2) is 0 Å². The van der Waals surface area contributed by atoms with E-state index in [1.165, 1.54) is 0 Å². The summed E-state index contributed by atoms with van der Waals surface area (Å²) in [6.07, 6.45) is 6.99. The summed E-state index contributed by atoms with van der Waals surface area (Å²) in [7, 11) is 0. The lowest BCUT2D eigenvalue weighted by atomic mass is 10.1. The van der Waals surface area contributed by atoms with Crippen LogP contribution in [0.2, 0.25) is 0 Å². The molecule has 0 heterocycles. The van der Waals surface area contributed by atoms with Gasteiger partial charge in [0.05, 0.1) is 5.71 Å². The van der Waals surface area contributed by atoms with Crippen LogP contribution in [0, 0.1) is 5.41 Å². The zero-order chi connectivity index (χ0) is 5.98. The Balaban J connectivity index is 2.68. The van der Waals surface area contributed by atoms with E-state index in [2.05, 4.69) is 0 Å². The van der Waals surface area contributed by atoms with Crippen molar-refractivity contribution in [1.82, 2.24) is 0 Å². The summed E-state index contributed by atoms with van der Waals surface area (Å²) >= 11 is 0. The minimum atomic E-state index is 0.0177. The summed E-state index contributed by atoms with van der Waals surface area (Å²) < 4.78 is 0. The van der Waals surface area contributed by atoms with Crippen LogP contribution in [-0.4, -0.2) is 11.8 Å². The smallest absolute Gasteiger partial charge is 0.0534 e. The Bertz CT molecular complexity index is 140. The van der Waals surface area contributed by atoms with Crippen LogP contribution in [0.1, 0.15) is 0 Å². The molecule has 0 saturated heterocycles. The Hall–Kier alpha value is -0.890. The van der Waals surface area contributed by atoms with E-state index in [4.69, 9.17) is 11.1 Å². The molecule has 8 heavy (non-hydrogen) atoms. The molecule has 1 aliphatic rings. The lowest BCUT2D eigenvalue weighted by Gasteiger charge is -2.01. The first-order valence-corrected chi connectivity index (χ1v) is 2.49. The van der Waals surface area contributed by atoms with Crippen molar-refractivity contribution >= 4 is 5.71 Å². The van der Waals surface area contributed by atoms with Crippen LogP contribution < -0.4 is 5.73 Å². The maximum Gasteiger partial charge on any atom is 0.0534 e. The number of rotatable bonds is 0. The fourth-order valence-electron chi connectivity index (χ4n) is 0.549. The number of hydrogen-bond donors (Lipinski definition) is 2. The molecule has 0 aromatic carbocycles. The largest absolute Gasteiger partial charge is 0.321 e. The molecule has 0 aromatic rings. The molecule has 1 aliphatic carbocycles. The fraction of sp³-hybridized carbons (Fsp3) is 0.167. The van der Waals surface area contributed by atoms with E-state index in [1.54, 1.807) is 24.3 Å². The summed E-state index contributed by atoms with van der Waals surface area (Å²) in [5.74, 6) is 0. The van der Waals surface area contributed by atoms with Gasteiger partial charge in [0, 0.05) is 6.04 Å². The molecule has 0 bridgehead atoms. The van der Waals surface area contributed by atoms with Crippen LogP contribution in [-0.2, 0) is 0 Å². The van der Waals surface area contributed by atoms with Gasteiger partial charge in [-0.1, -0.05) is 12.2 Å². The van der Waals surface area contributed by atoms with Crippen molar-refractivity contribution in [3.05, 3.63) is 24.3 Å². The van der Waals surface area contributed by atoms with Gasteiger partial charge < -0.3 is 11.1 Å². The molecule has 0 spiro atoms. The average molecular weight is 108 g/mol. The molecule has 2 nitrogen and oxygen atoms in total. The van der Waals surface area contributed by atoms with Gasteiger partial charge in [-0.25, -0.2) is 0 Å². The monoisotopic (exact) mass is 108 g/mol. The minimum Gasteiger partial charge on any atom is -0.321 e. The molecular formula is C6H8N2. The van der Waals surface area contributed by atoms with Gasteiger partial charge >= 0.3 is 0 Å². The van der Waals surface area contributed by atoms with Crippen molar-refractivity contribution in [1.29, 1.82) is 5.41 Å². The van der Waals surface area contributed by atoms with Crippen LogP contribution in [0.4, 0.5) is 0 Å². The van der Waals surface area contributed by atoms with Crippen molar-refractivity contribution in [2.45, 2.75) is 6.04 Å². The van der Waals surface area contributed by atoms with E-state index in [1.807, 2.05) is 0 Å². The Labute approximate surface area is 48.2 Å². The molecule has 0 radical (unpaired) electrons. The minimum absolute atomic E-state index is 0.0177. The second-order valence-electron chi connectivity index (χ2n) is 1.75. The maximum absolute atomic E-state index is 7.05. The molecule has 42 valence electrons. The summed E-state index contributed by atoms with van der Waals surface area (Å²) in [6.45, 7) is 0. The van der Waals surface area contributed by atoms with Gasteiger partial charge in [0.1, 0.15) is 0 Å². The first-order valence-electron chi connectivity index (χ1n) is 2.49. The van der Waals surface area contributed by atoms with E-state index >= 15 is 0 Å². The summed E-state index contributed by atoms with van der Waals surface area (Å²) in [4.78, 5) is 0. The van der Waals surface area contributed by atoms with Crippen LogP contribution >= 0.6 is 0 Å². The zero-order valence-corrected chi connectivity index (χ0v) is 4.46. The van der Waals surface area contributed by atoms with Crippen molar-refractivity contribution in [3.8, 4) is 0 Å². The fourth-order valence-corrected chi connectivity index (χ4v) is 0.549. The molecule has 0 aromatic heterocycles. The zero-order valence-electron chi connectivity index (χ0n) is 4.46. The molecule has 0 atom stereocenters. The van der Waals surface area contributed by atoms with Gasteiger partial charge in [0.25, 0.3) is 0 Å². The molecule has 0 fully saturated rings. The second kappa shape index (κ2) is 1.92. The van der Waals surface area contributed by atoms with E-state index in [9.17, 15) is 0 Å². The maximum atomic E-state index is 7.05. The lowest BCUT2D eigenvalue weighted by molar-refractivity contribution is 1.02. The lowest BCUT2D eigenvalue weighted by Crippen LogP contribution is -2.16. The van der Waals surface area contributed by atoms with Gasteiger partial charge in [-0.3, -0.25) is 0 Å². The Morgan fingerprint density at radius 3 is 2.25 bits per heavy atom. The highest BCUT2D eigenvalue weighted by atomic mass is 14.6. The molecule has 0 unspecified atom stereocenters. The Morgan fingerprint density at radius 1 is 1.38 bits per heavy atom. The van der Waals surface area contributed by atoms with Crippen LogP contribution in [0.5, 0.6) is 0 Å². The number of allylic oxidation sites excluding steroid dienone is 2. The summed E-state index contributed by atoms with van der Waals surface area (Å²) in [6, 6.07) is 0.0177. The van der Waals surface area contributed by atoms with Gasteiger partial charge in [-0.2, -0.15) is 0 Å². The van der Waals surface area contributed by atoms with Crippen LogP contribution in [0.25, 0.3) is 0 Å². The first kappa shape index (κ1) is 5.25. The third kappa shape index (κ3) is 1.04. The highest BCUT2D eigenvalue weighted by Crippen LogP contribution is 1.94. The molecule has 0 amide bonds. The molecule has 2 heteroatoms. The van der Waals surface area contributed by atoms with E-state index in [0.29, 0.717) is 5.71 Å². The SMILES string of the molecule is N=C1C=CC(N)C=C1. The Morgan fingerprint density at radius 2 is 1.88 bits per heavy atom. The molecule has 3 N–H and O–H groups in total. The van der Waals surface area contributed by atoms with Crippen molar-refractivity contribution in [3.63, 3.8) is 0 Å². The standard InChI is InChI=1S/C6H8N2/c7-5-1-2-6(8)4-3-5/h1-5,8H,7H2. The second-order valence-corrected chi connectivity index (χ2v) is 1.75. The van der Waals surface area contributed by atoms with Crippen molar-refractivity contribution < 1.29 is 0 Å². The van der Waals surface area contributed by atoms with Crippen LogP contribution in [0.15, 0.2) is 24.3 Å². The number of nitrogens with one attached hydrogen (secondary N) is 1. The highest BCUT2D eigenvalue weighted by Gasteiger charge is 1.95. The molecule has 0 aliphatic heterocycles. The van der Waals surface area contributed by atoms with Crippen LogP contribution in [0.3, 0.4) is 0 Å². The molecule has 1 rings (SSSR count). The van der Waals surface area contributed by atoms with Gasteiger partial charge in [0.2, 0.25) is 0 Å². The quantitative estimate of drug-likeness (QED) is 0.465. The topological polar surface area (TPSA) is 49.9 Å². The van der Waals surface area contributed by atoms with E-state index in [0.717, 1.165) is 0 Å². The third-order valence-corrected chi connectivity index (χ3v) is 0.996. The van der Waals surface area contributed by atoms with Gasteiger partial charge in [-0.05, 0) is 12.2 Å². The number of nitrogens with two attached hydrogens (primary N) is 1. The summed E-state index contributed by atoms with van der Waals surface area (Å²) in [5, 5.41) is 7.05. The average Bonchev–Trinajstić information content (AvgIpc) is 1.77. The highest BCUT2D eigenvalue weighted by molar-refractivity contribution is 6.02. The number of hydrogen-bond acceptors (Lipinski definition) is 2. The van der Waals surface area contributed by atoms with E-state index in [-0.39, 0.29) is 6.04 Å². The first-order chi connectivity index (χ1) is 3.79. The predicted molar refractivity (Wildman–Crippen MR) is 34.0 cm³/mol. The van der Waals surface area contributed by atoms with Crippen molar-refractivity contribution in [2.75, 3.05) is 0 Å². The normalized spacial score (nSPS) is 26.6. The molecule has 0 saturated carbocycles. The predicted octanol–water partition coefficient (Wildman–Crippen LogP) is 0.459. The van der Waals surface area contributed by atoms with E-state index < -0.39 is 0 Å². The molecular weight excluding hydrogens is 100 g/mol. The van der Waals surface area contributed by atoms with Gasteiger partial charge in [-0.15, -0.1) is 0 Å². The third-order valence-electron chi connectivity index (χ3n) is 0.996. The Kier molecular flexibility index (Phi) is 1.26.